The molecule has 39 heavy (non-hydrogen) atoms. The SMILES string of the molecule is CC(=O)N(CCC(O)C(Cc1ccccc1)NC(=O)c1cccc(O)c1C)C(C(=O)NC(C)(C)C)C(C)(C)C. The fourth-order valence-electron chi connectivity index (χ4n) is 4.65. The molecule has 4 N–H and O–H groups in total. The Morgan fingerprint density at radius 1 is 0.949 bits per heavy atom. The van der Waals surface area contributed by atoms with Gasteiger partial charge in [-0.1, -0.05) is 57.2 Å². The molecule has 214 valence electrons. The molecular formula is C31H45N3O5. The number of phenolic OH excluding ortho intramolecular Hbond substituents is 1. The van der Waals surface area contributed by atoms with E-state index in [1.807, 2.05) is 71.9 Å². The van der Waals surface area contributed by atoms with Gasteiger partial charge in [0.15, 0.2) is 0 Å². The summed E-state index contributed by atoms with van der Waals surface area (Å²) in [7, 11) is 0. The van der Waals surface area contributed by atoms with Gasteiger partial charge in [0, 0.05) is 30.1 Å². The number of carbonyl (C=O) groups excluding carboxylic acids is 3. The minimum Gasteiger partial charge on any atom is -0.508 e. The molecule has 0 bridgehead atoms. The molecule has 0 aromatic heterocycles. The standard InChI is InChI=1S/C31H45N3O5/c1-20-23(15-12-16-25(20)36)28(38)32-24(19-22-13-10-9-11-14-22)26(37)17-18-34(21(2)35)27(30(3,4)5)29(39)33-31(6,7)8/h9-16,24,26-27,36-37H,17-19H2,1-8H3,(H,32,38)(H,33,39). The van der Waals surface area contributed by atoms with Gasteiger partial charge in [-0.25, -0.2) is 0 Å². The van der Waals surface area contributed by atoms with Gasteiger partial charge in [0.25, 0.3) is 5.91 Å². The lowest BCUT2D eigenvalue weighted by Gasteiger charge is -2.40. The lowest BCUT2D eigenvalue weighted by molar-refractivity contribution is -0.144. The largest absolute Gasteiger partial charge is 0.508 e. The summed E-state index contributed by atoms with van der Waals surface area (Å²) in [6, 6.07) is 12.8. The Balaban J connectivity index is 2.30. The maximum absolute atomic E-state index is 13.3. The molecule has 8 heteroatoms. The molecule has 3 unspecified atom stereocenters. The van der Waals surface area contributed by atoms with Crippen molar-refractivity contribution in [1.29, 1.82) is 0 Å². The number of rotatable bonds is 10. The van der Waals surface area contributed by atoms with Crippen molar-refractivity contribution in [3.05, 3.63) is 65.2 Å². The predicted molar refractivity (Wildman–Crippen MR) is 153 cm³/mol. The van der Waals surface area contributed by atoms with Crippen molar-refractivity contribution in [2.75, 3.05) is 6.54 Å². The van der Waals surface area contributed by atoms with E-state index in [0.29, 0.717) is 17.5 Å². The third-order valence-electron chi connectivity index (χ3n) is 6.58. The van der Waals surface area contributed by atoms with Crippen LogP contribution in [0.4, 0.5) is 0 Å². The smallest absolute Gasteiger partial charge is 0.252 e. The van der Waals surface area contributed by atoms with E-state index in [4.69, 9.17) is 0 Å². The molecule has 0 aliphatic rings. The monoisotopic (exact) mass is 539 g/mol. The highest BCUT2D eigenvalue weighted by molar-refractivity contribution is 5.96. The maximum atomic E-state index is 13.3. The molecule has 3 amide bonds. The van der Waals surface area contributed by atoms with Crippen LogP contribution in [-0.4, -0.2) is 63.1 Å². The van der Waals surface area contributed by atoms with E-state index >= 15 is 0 Å². The van der Waals surface area contributed by atoms with Crippen LogP contribution in [0.2, 0.25) is 0 Å². The second kappa shape index (κ2) is 13.1. The molecule has 0 radical (unpaired) electrons. The van der Waals surface area contributed by atoms with E-state index in [9.17, 15) is 24.6 Å². The van der Waals surface area contributed by atoms with Crippen LogP contribution in [0.5, 0.6) is 5.75 Å². The Morgan fingerprint density at radius 3 is 2.10 bits per heavy atom. The first kappa shape index (κ1) is 31.8. The number of nitrogens with zero attached hydrogens (tertiary/aromatic N) is 1. The number of aromatic hydroxyl groups is 1. The van der Waals surface area contributed by atoms with E-state index in [1.54, 1.807) is 19.1 Å². The topological polar surface area (TPSA) is 119 Å². The van der Waals surface area contributed by atoms with Crippen molar-refractivity contribution < 1.29 is 24.6 Å². The van der Waals surface area contributed by atoms with Crippen molar-refractivity contribution in [3.8, 4) is 5.75 Å². The number of aliphatic hydroxyl groups excluding tert-OH is 1. The average molecular weight is 540 g/mol. The minimum atomic E-state index is -1.01. The van der Waals surface area contributed by atoms with E-state index in [0.717, 1.165) is 5.56 Å². The maximum Gasteiger partial charge on any atom is 0.252 e. The molecule has 0 fully saturated rings. The highest BCUT2D eigenvalue weighted by Crippen LogP contribution is 2.27. The van der Waals surface area contributed by atoms with Gasteiger partial charge < -0.3 is 25.7 Å². The number of carbonyl (C=O) groups is 3. The normalized spacial score (nSPS) is 14.2. The number of phenols is 1. The van der Waals surface area contributed by atoms with Gasteiger partial charge in [0.2, 0.25) is 11.8 Å². The van der Waals surface area contributed by atoms with E-state index < -0.39 is 35.0 Å². The molecule has 0 aliphatic heterocycles. The molecule has 0 spiro atoms. The molecular weight excluding hydrogens is 494 g/mol. The van der Waals surface area contributed by atoms with Crippen LogP contribution in [-0.2, 0) is 16.0 Å². The zero-order valence-electron chi connectivity index (χ0n) is 24.5. The predicted octanol–water partition coefficient (Wildman–Crippen LogP) is 3.97. The van der Waals surface area contributed by atoms with Crippen LogP contribution in [0.3, 0.4) is 0 Å². The van der Waals surface area contributed by atoms with Crippen LogP contribution in [0.1, 0.15) is 76.4 Å². The molecule has 0 heterocycles. The third kappa shape index (κ3) is 9.39. The molecule has 2 rings (SSSR count). The van der Waals surface area contributed by atoms with E-state index in [-0.39, 0.29) is 30.5 Å². The fourth-order valence-corrected chi connectivity index (χ4v) is 4.65. The molecule has 3 atom stereocenters. The van der Waals surface area contributed by atoms with Gasteiger partial charge in [0.1, 0.15) is 11.8 Å². The van der Waals surface area contributed by atoms with Gasteiger partial charge >= 0.3 is 0 Å². The summed E-state index contributed by atoms with van der Waals surface area (Å²) in [6.07, 6.45) is -0.509. The van der Waals surface area contributed by atoms with Gasteiger partial charge in [-0.3, -0.25) is 14.4 Å². The first-order valence-corrected chi connectivity index (χ1v) is 13.4. The minimum absolute atomic E-state index is 0.0154. The first-order chi connectivity index (χ1) is 18.0. The van der Waals surface area contributed by atoms with E-state index in [1.165, 1.54) is 17.9 Å². The summed E-state index contributed by atoms with van der Waals surface area (Å²) in [4.78, 5) is 40.8. The van der Waals surface area contributed by atoms with Crippen LogP contribution in [0, 0.1) is 12.3 Å². The summed E-state index contributed by atoms with van der Waals surface area (Å²) < 4.78 is 0. The molecule has 8 nitrogen and oxygen atoms in total. The molecule has 0 aliphatic carbocycles. The quantitative estimate of drug-likeness (QED) is 0.364. The Labute approximate surface area is 232 Å². The second-order valence-corrected chi connectivity index (χ2v) is 12.3. The summed E-state index contributed by atoms with van der Waals surface area (Å²) in [5.41, 5.74) is 0.657. The lowest BCUT2D eigenvalue weighted by atomic mass is 9.84. The number of aliphatic hydroxyl groups is 1. The van der Waals surface area contributed by atoms with Crippen molar-refractivity contribution in [2.45, 2.75) is 92.0 Å². The Hall–Kier alpha value is -3.39. The molecule has 0 saturated heterocycles. The molecule has 0 saturated carbocycles. The summed E-state index contributed by atoms with van der Waals surface area (Å²) >= 11 is 0. The van der Waals surface area contributed by atoms with Gasteiger partial charge in [-0.05, 0) is 63.6 Å². The zero-order valence-corrected chi connectivity index (χ0v) is 24.5. The highest BCUT2D eigenvalue weighted by atomic mass is 16.3. The average Bonchev–Trinajstić information content (AvgIpc) is 2.81. The van der Waals surface area contributed by atoms with Gasteiger partial charge in [0.05, 0.1) is 12.1 Å². The van der Waals surface area contributed by atoms with Crippen LogP contribution in [0.25, 0.3) is 0 Å². The zero-order chi connectivity index (χ0) is 29.5. The lowest BCUT2D eigenvalue weighted by Crippen LogP contribution is -2.59. The fraction of sp³-hybridized carbons (Fsp3) is 0.516. The Morgan fingerprint density at radius 2 is 1.56 bits per heavy atom. The Bertz CT molecular complexity index is 1140. The van der Waals surface area contributed by atoms with Crippen molar-refractivity contribution in [1.82, 2.24) is 15.5 Å². The summed E-state index contributed by atoms with van der Waals surface area (Å²) in [5, 5.41) is 27.3. The number of amides is 3. The number of hydrogen-bond acceptors (Lipinski definition) is 5. The highest BCUT2D eigenvalue weighted by Gasteiger charge is 2.39. The number of nitrogens with one attached hydrogen (secondary N) is 2. The van der Waals surface area contributed by atoms with Crippen LogP contribution >= 0.6 is 0 Å². The van der Waals surface area contributed by atoms with Crippen molar-refractivity contribution in [3.63, 3.8) is 0 Å². The van der Waals surface area contributed by atoms with Crippen LogP contribution < -0.4 is 10.6 Å². The van der Waals surface area contributed by atoms with Crippen molar-refractivity contribution in [2.24, 2.45) is 5.41 Å². The Kier molecular flexibility index (Phi) is 10.7. The summed E-state index contributed by atoms with van der Waals surface area (Å²) in [6.45, 7) is 14.6. The molecule has 2 aromatic rings. The van der Waals surface area contributed by atoms with Crippen LogP contribution in [0.15, 0.2) is 48.5 Å². The van der Waals surface area contributed by atoms with E-state index in [2.05, 4.69) is 10.6 Å². The first-order valence-electron chi connectivity index (χ1n) is 13.4. The third-order valence-corrected chi connectivity index (χ3v) is 6.58. The van der Waals surface area contributed by atoms with Gasteiger partial charge in [-0.15, -0.1) is 0 Å². The van der Waals surface area contributed by atoms with Crippen molar-refractivity contribution >= 4 is 17.7 Å². The van der Waals surface area contributed by atoms with Gasteiger partial charge in [-0.2, -0.15) is 0 Å². The second-order valence-electron chi connectivity index (χ2n) is 12.3. The number of benzene rings is 2. The number of hydrogen-bond donors (Lipinski definition) is 4. The summed E-state index contributed by atoms with van der Waals surface area (Å²) in [5.74, 6) is -0.927. The molecule has 2 aromatic carbocycles.